The first-order valence-corrected chi connectivity index (χ1v) is 18.4. The number of hydrogen-bond donors (Lipinski definition) is 0. The zero-order valence-electron chi connectivity index (χ0n) is 31.4. The van der Waals surface area contributed by atoms with E-state index < -0.39 is 12.0 Å². The van der Waals surface area contributed by atoms with E-state index in [1.54, 1.807) is 50.6 Å². The van der Waals surface area contributed by atoms with Crippen LogP contribution >= 0.6 is 0 Å². The molecule has 0 aliphatic carbocycles. The highest BCUT2D eigenvalue weighted by Crippen LogP contribution is 2.39. The first kappa shape index (κ1) is 43.6. The maximum atomic E-state index is 13.7. The van der Waals surface area contributed by atoms with Gasteiger partial charge in [0, 0.05) is 18.6 Å². The lowest BCUT2D eigenvalue weighted by atomic mass is 10.1. The molecular formula is C41H59IN2O7. The number of benzene rings is 2. The molecule has 0 bridgehead atoms. The van der Waals surface area contributed by atoms with Crippen molar-refractivity contribution >= 4 is 12.0 Å². The number of para-hydroxylation sites is 1. The van der Waals surface area contributed by atoms with E-state index in [1.807, 2.05) is 24.5 Å². The number of unbranched alkanes of at least 4 members (excludes halogenated alkanes) is 11. The first-order chi connectivity index (χ1) is 24.4. The minimum absolute atomic E-state index is 0. The Labute approximate surface area is 323 Å². The van der Waals surface area contributed by atoms with Gasteiger partial charge in [-0.3, -0.25) is 4.79 Å². The molecule has 51 heavy (non-hydrogen) atoms. The summed E-state index contributed by atoms with van der Waals surface area (Å²) in [5.41, 5.74) is 1.69. The fourth-order valence-electron chi connectivity index (χ4n) is 5.87. The quantitative estimate of drug-likeness (QED) is 0.0582. The number of carbonyl (C=O) groups is 2. The number of imide groups is 1. The van der Waals surface area contributed by atoms with Crippen LogP contribution in [0.2, 0.25) is 0 Å². The number of pyridine rings is 1. The van der Waals surface area contributed by atoms with Gasteiger partial charge in [0.05, 0.1) is 40.0 Å². The van der Waals surface area contributed by atoms with Gasteiger partial charge in [0.15, 0.2) is 23.9 Å². The Morgan fingerprint density at radius 3 is 1.76 bits per heavy atom. The van der Waals surface area contributed by atoms with Crippen LogP contribution in [0.4, 0.5) is 4.79 Å². The lowest BCUT2D eigenvalue weighted by Crippen LogP contribution is -3.00. The second-order valence-corrected chi connectivity index (χ2v) is 12.7. The summed E-state index contributed by atoms with van der Waals surface area (Å²) in [6.07, 6.45) is 19.4. The monoisotopic (exact) mass is 818 g/mol. The molecule has 0 saturated heterocycles. The summed E-state index contributed by atoms with van der Waals surface area (Å²) >= 11 is 0. The third-order valence-electron chi connectivity index (χ3n) is 8.71. The minimum atomic E-state index is -0.781. The number of aromatic nitrogens is 1. The summed E-state index contributed by atoms with van der Waals surface area (Å²) in [6.45, 7) is 5.72. The van der Waals surface area contributed by atoms with Crippen LogP contribution in [0.5, 0.6) is 23.0 Å². The molecule has 3 rings (SSSR count). The predicted molar refractivity (Wildman–Crippen MR) is 196 cm³/mol. The highest BCUT2D eigenvalue weighted by Gasteiger charge is 2.27. The van der Waals surface area contributed by atoms with Crippen LogP contribution in [0.3, 0.4) is 0 Å². The Morgan fingerprint density at radius 2 is 1.22 bits per heavy atom. The number of amides is 2. The average molecular weight is 819 g/mol. The number of carbonyl (C=O) groups excluding carboxylic acids is 2. The average Bonchev–Trinajstić information content (AvgIpc) is 3.15. The molecule has 0 atom stereocenters. The van der Waals surface area contributed by atoms with Crippen molar-refractivity contribution in [3.05, 3.63) is 77.6 Å². The molecular weight excluding hydrogens is 759 g/mol. The zero-order valence-corrected chi connectivity index (χ0v) is 33.6. The van der Waals surface area contributed by atoms with Crippen molar-refractivity contribution in [3.8, 4) is 23.0 Å². The highest BCUT2D eigenvalue weighted by molar-refractivity contribution is 6.04. The third kappa shape index (κ3) is 14.9. The number of hydrogen-bond acceptors (Lipinski definition) is 7. The second kappa shape index (κ2) is 25.4. The van der Waals surface area contributed by atoms with E-state index in [2.05, 4.69) is 18.4 Å². The fraction of sp³-hybridized carbons (Fsp3) is 0.537. The molecule has 0 unspecified atom stereocenters. The summed E-state index contributed by atoms with van der Waals surface area (Å²) in [7, 11) is 4.63. The van der Waals surface area contributed by atoms with Crippen LogP contribution < -0.4 is 47.5 Å². The Morgan fingerprint density at radius 1 is 0.667 bits per heavy atom. The van der Waals surface area contributed by atoms with Gasteiger partial charge in [0.1, 0.15) is 18.9 Å². The van der Waals surface area contributed by atoms with Crippen molar-refractivity contribution in [2.75, 3.05) is 27.9 Å². The SMILES string of the molecule is CCCCCCCCCCCCCCOc1c(OC)cc(COC(=O)N(Cc2cc[n+](CCC)cc2)C(=O)c2ccccc2OC)cc1OC.[I-]. The zero-order chi connectivity index (χ0) is 36.0. The van der Waals surface area contributed by atoms with Gasteiger partial charge in [0.2, 0.25) is 5.75 Å². The van der Waals surface area contributed by atoms with Crippen molar-refractivity contribution in [2.24, 2.45) is 0 Å². The first-order valence-electron chi connectivity index (χ1n) is 18.4. The van der Waals surface area contributed by atoms with Gasteiger partial charge in [-0.1, -0.05) is 96.6 Å². The van der Waals surface area contributed by atoms with Crippen LogP contribution in [0.25, 0.3) is 0 Å². The molecule has 0 fully saturated rings. The molecule has 1 heterocycles. The van der Waals surface area contributed by atoms with Crippen LogP contribution in [-0.4, -0.2) is 44.8 Å². The summed E-state index contributed by atoms with van der Waals surface area (Å²) in [5, 5.41) is 0. The molecule has 0 spiro atoms. The Balaban J connectivity index is 0.00000901. The lowest BCUT2D eigenvalue weighted by molar-refractivity contribution is -0.697. The minimum Gasteiger partial charge on any atom is -1.00 e. The Hall–Kier alpha value is -3.54. The summed E-state index contributed by atoms with van der Waals surface area (Å²) in [4.78, 5) is 28.4. The van der Waals surface area contributed by atoms with Gasteiger partial charge in [-0.2, -0.15) is 0 Å². The normalized spacial score (nSPS) is 10.6. The van der Waals surface area contributed by atoms with Gasteiger partial charge in [-0.25, -0.2) is 14.3 Å². The summed E-state index contributed by atoms with van der Waals surface area (Å²) in [6, 6.07) is 14.2. The van der Waals surface area contributed by atoms with Crippen LogP contribution in [0, 0.1) is 0 Å². The number of nitrogens with zero attached hydrogens (tertiary/aromatic N) is 2. The van der Waals surface area contributed by atoms with Crippen LogP contribution in [0.15, 0.2) is 60.9 Å². The van der Waals surface area contributed by atoms with Crippen molar-refractivity contribution in [1.29, 1.82) is 0 Å². The molecule has 282 valence electrons. The number of halogens is 1. The largest absolute Gasteiger partial charge is 1.00 e. The predicted octanol–water partition coefficient (Wildman–Crippen LogP) is 6.47. The molecule has 2 amide bonds. The molecule has 0 radical (unpaired) electrons. The maximum Gasteiger partial charge on any atom is 0.417 e. The standard InChI is InChI=1S/C41H59N2O7.HI/c1-6-8-9-10-11-12-13-14-15-16-17-20-28-49-39-37(47-4)29-34(30-38(39)48-5)32-50-41(45)43(31-33-23-26-42(25-7-2)27-24-33)40(44)35-21-18-19-22-36(35)46-3;/h18-19,21-24,26-27,29-30H,6-17,20,25,28,31-32H2,1-5H3;1H/q+1;/p-1. The fourth-order valence-corrected chi connectivity index (χ4v) is 5.87. The van der Waals surface area contributed by atoms with Crippen LogP contribution in [-0.2, 0) is 24.4 Å². The number of aryl methyl sites for hydroxylation is 1. The van der Waals surface area contributed by atoms with Crippen molar-refractivity contribution in [2.45, 2.75) is 117 Å². The third-order valence-corrected chi connectivity index (χ3v) is 8.71. The van der Waals surface area contributed by atoms with Gasteiger partial charge in [-0.05, 0) is 41.8 Å². The second-order valence-electron chi connectivity index (χ2n) is 12.7. The van der Waals surface area contributed by atoms with Gasteiger partial charge in [-0.15, -0.1) is 0 Å². The maximum absolute atomic E-state index is 13.7. The van der Waals surface area contributed by atoms with E-state index in [4.69, 9.17) is 23.7 Å². The molecule has 1 aromatic heterocycles. The van der Waals surface area contributed by atoms with E-state index in [0.717, 1.165) is 36.3 Å². The molecule has 3 aromatic rings. The summed E-state index contributed by atoms with van der Waals surface area (Å²) in [5.74, 6) is 1.35. The molecule has 0 aliphatic heterocycles. The molecule has 10 heteroatoms. The lowest BCUT2D eigenvalue weighted by Gasteiger charge is -2.22. The smallest absolute Gasteiger partial charge is 0.417 e. The molecule has 0 N–H and O–H groups in total. The molecule has 2 aromatic carbocycles. The van der Waals surface area contributed by atoms with E-state index in [9.17, 15) is 9.59 Å². The van der Waals surface area contributed by atoms with Crippen molar-refractivity contribution in [3.63, 3.8) is 0 Å². The topological polar surface area (TPSA) is 87.4 Å². The highest BCUT2D eigenvalue weighted by atomic mass is 127. The van der Waals surface area contributed by atoms with E-state index in [0.29, 0.717) is 35.2 Å². The number of methoxy groups -OCH3 is 3. The molecule has 9 nitrogen and oxygen atoms in total. The Bertz CT molecular complexity index is 1410. The van der Waals surface area contributed by atoms with Crippen molar-refractivity contribution in [1.82, 2.24) is 4.90 Å². The van der Waals surface area contributed by atoms with Gasteiger partial charge >= 0.3 is 6.09 Å². The summed E-state index contributed by atoms with van der Waals surface area (Å²) < 4.78 is 30.6. The van der Waals surface area contributed by atoms with Gasteiger partial charge < -0.3 is 47.7 Å². The number of ether oxygens (including phenoxy) is 5. The van der Waals surface area contributed by atoms with Gasteiger partial charge in [0.25, 0.3) is 5.91 Å². The number of rotatable bonds is 24. The molecule has 0 aliphatic rings. The molecule has 0 saturated carbocycles. The van der Waals surface area contributed by atoms with E-state index in [1.165, 1.54) is 71.3 Å². The van der Waals surface area contributed by atoms with E-state index in [-0.39, 0.29) is 42.7 Å². The Kier molecular flexibility index (Phi) is 21.7. The van der Waals surface area contributed by atoms with Crippen LogP contribution in [0.1, 0.15) is 119 Å². The van der Waals surface area contributed by atoms with Crippen molar-refractivity contribution < 1.29 is 61.8 Å². The van der Waals surface area contributed by atoms with E-state index >= 15 is 0 Å².